The maximum absolute atomic E-state index is 10.6. The first-order valence-electron chi connectivity index (χ1n) is 8.31. The van der Waals surface area contributed by atoms with Crippen molar-refractivity contribution in [3.05, 3.63) is 23.8 Å². The number of para-hydroxylation sites is 1. The van der Waals surface area contributed by atoms with Crippen molar-refractivity contribution in [1.29, 1.82) is 0 Å². The van der Waals surface area contributed by atoms with Crippen LogP contribution < -0.4 is 10.1 Å². The van der Waals surface area contributed by atoms with Gasteiger partial charge in [-0.05, 0) is 44.2 Å². The highest BCUT2D eigenvalue weighted by molar-refractivity contribution is 5.76. The highest BCUT2D eigenvalue weighted by Crippen LogP contribution is 2.31. The predicted octanol–water partition coefficient (Wildman–Crippen LogP) is 3.43. The molecule has 1 aromatic carbocycles. The lowest BCUT2D eigenvalue weighted by molar-refractivity contribution is -0.192. The van der Waals surface area contributed by atoms with E-state index >= 15 is 0 Å². The Morgan fingerprint density at radius 2 is 1.92 bits per heavy atom. The van der Waals surface area contributed by atoms with Crippen LogP contribution >= 0.6 is 0 Å². The quantitative estimate of drug-likeness (QED) is 0.840. The van der Waals surface area contributed by atoms with Crippen molar-refractivity contribution in [3.63, 3.8) is 0 Å². The van der Waals surface area contributed by atoms with E-state index < -0.39 is 12.1 Å². The zero-order valence-corrected chi connectivity index (χ0v) is 14.0. The molecular weight excluding hydrogens is 353 g/mol. The number of ether oxygens (including phenoxy) is 1. The summed E-state index contributed by atoms with van der Waals surface area (Å²) in [6, 6.07) is 7.20. The van der Waals surface area contributed by atoms with E-state index in [1.54, 1.807) is 0 Å². The Hall–Kier alpha value is -2.29. The zero-order valence-electron chi connectivity index (χ0n) is 14.0. The van der Waals surface area contributed by atoms with Gasteiger partial charge in [-0.3, -0.25) is 0 Å². The molecule has 0 aliphatic carbocycles. The van der Waals surface area contributed by atoms with Crippen molar-refractivity contribution in [2.24, 2.45) is 0 Å². The summed E-state index contributed by atoms with van der Waals surface area (Å²) in [6.07, 6.45) is 0.263. The number of hydrogen-bond acceptors (Lipinski definition) is 5. The largest absolute Gasteiger partial charge is 0.490 e. The van der Waals surface area contributed by atoms with Gasteiger partial charge in [0, 0.05) is 12.1 Å². The van der Waals surface area contributed by atoms with Crippen LogP contribution in [0.2, 0.25) is 0 Å². The highest BCUT2D eigenvalue weighted by Gasteiger charge is 2.38. The molecule has 4 rings (SSSR count). The fraction of sp³-hybridized carbons (Fsp3) is 0.529. The van der Waals surface area contributed by atoms with Crippen LogP contribution in [0.15, 0.2) is 22.6 Å². The number of nitrogens with zero attached hydrogens (tertiary/aromatic N) is 1. The van der Waals surface area contributed by atoms with Crippen LogP contribution in [0.5, 0.6) is 6.08 Å². The van der Waals surface area contributed by atoms with E-state index in [-0.39, 0.29) is 6.10 Å². The molecule has 2 aromatic rings. The maximum Gasteiger partial charge on any atom is 0.490 e. The van der Waals surface area contributed by atoms with Gasteiger partial charge in [0.05, 0.1) is 0 Å². The number of carboxylic acid groups (broad SMARTS) is 1. The third kappa shape index (κ3) is 4.27. The predicted molar refractivity (Wildman–Crippen MR) is 86.0 cm³/mol. The Morgan fingerprint density at radius 1 is 1.31 bits per heavy atom. The van der Waals surface area contributed by atoms with Gasteiger partial charge in [-0.1, -0.05) is 12.1 Å². The molecule has 6 nitrogen and oxygen atoms in total. The van der Waals surface area contributed by atoms with Gasteiger partial charge in [0.15, 0.2) is 5.58 Å². The summed E-state index contributed by atoms with van der Waals surface area (Å²) in [5.74, 6) is -2.76. The van der Waals surface area contributed by atoms with Crippen molar-refractivity contribution in [1.82, 2.24) is 10.3 Å². The number of hydrogen-bond donors (Lipinski definition) is 2. The van der Waals surface area contributed by atoms with Crippen LogP contribution in [0, 0.1) is 6.92 Å². The van der Waals surface area contributed by atoms with Crippen molar-refractivity contribution in [2.45, 2.75) is 57.0 Å². The summed E-state index contributed by atoms with van der Waals surface area (Å²) in [6.45, 7) is 2.04. The summed E-state index contributed by atoms with van der Waals surface area (Å²) in [7, 11) is 0. The number of alkyl halides is 3. The number of fused-ring (bicyclic) bond motifs is 3. The van der Waals surface area contributed by atoms with Crippen LogP contribution in [0.1, 0.15) is 31.2 Å². The number of nitrogens with one attached hydrogen (secondary N) is 1. The Labute approximate surface area is 147 Å². The molecule has 3 heterocycles. The average molecular weight is 372 g/mol. The topological polar surface area (TPSA) is 84.6 Å². The number of carboxylic acids is 1. The molecule has 2 aliphatic rings. The van der Waals surface area contributed by atoms with Gasteiger partial charge in [-0.25, -0.2) is 4.79 Å². The van der Waals surface area contributed by atoms with Crippen molar-refractivity contribution in [2.75, 3.05) is 0 Å². The molecule has 2 saturated heterocycles. The van der Waals surface area contributed by atoms with Crippen molar-refractivity contribution >= 4 is 17.1 Å². The molecule has 9 heteroatoms. The van der Waals surface area contributed by atoms with Crippen LogP contribution in [0.25, 0.3) is 11.1 Å². The SMILES string of the molecule is Cc1cccc2oc(OC3C[C@H]4CC[C@@H](C3)N4)nc12.O=C(O)C(F)(F)F. The van der Waals surface area contributed by atoms with Crippen molar-refractivity contribution in [3.8, 4) is 6.08 Å². The normalized spacial score (nSPS) is 24.8. The first-order chi connectivity index (χ1) is 12.2. The Kier molecular flexibility index (Phi) is 5.08. The first kappa shape index (κ1) is 18.5. The number of rotatable bonds is 2. The summed E-state index contributed by atoms with van der Waals surface area (Å²) >= 11 is 0. The van der Waals surface area contributed by atoms with Crippen LogP contribution in [-0.4, -0.2) is 40.4 Å². The third-order valence-electron chi connectivity index (χ3n) is 4.54. The molecule has 1 aromatic heterocycles. The fourth-order valence-electron chi connectivity index (χ4n) is 3.36. The molecular formula is C17H19F3N2O4. The highest BCUT2D eigenvalue weighted by atomic mass is 19.4. The molecule has 0 spiro atoms. The molecule has 0 radical (unpaired) electrons. The summed E-state index contributed by atoms with van der Waals surface area (Å²) in [4.78, 5) is 13.4. The molecule has 1 unspecified atom stereocenters. The van der Waals surface area contributed by atoms with E-state index in [4.69, 9.17) is 19.1 Å². The number of oxazole rings is 1. The molecule has 26 heavy (non-hydrogen) atoms. The Bertz CT molecular complexity index is 778. The number of aliphatic carboxylic acids is 1. The number of carbonyl (C=O) groups is 1. The van der Waals surface area contributed by atoms with Gasteiger partial charge in [-0.2, -0.15) is 18.2 Å². The average Bonchev–Trinajstić information content (AvgIpc) is 3.11. The Morgan fingerprint density at radius 3 is 2.46 bits per heavy atom. The maximum atomic E-state index is 10.6. The third-order valence-corrected chi connectivity index (χ3v) is 4.54. The minimum atomic E-state index is -5.08. The minimum absolute atomic E-state index is 0.243. The number of aryl methyl sites for hydroxylation is 1. The first-order valence-corrected chi connectivity index (χ1v) is 8.31. The van der Waals surface area contributed by atoms with Crippen LogP contribution in [0.3, 0.4) is 0 Å². The summed E-state index contributed by atoms with van der Waals surface area (Å²) < 4.78 is 43.4. The van der Waals surface area contributed by atoms with E-state index in [0.29, 0.717) is 18.2 Å². The van der Waals surface area contributed by atoms with Gasteiger partial charge in [-0.15, -0.1) is 0 Å². The van der Waals surface area contributed by atoms with Gasteiger partial charge in [0.25, 0.3) is 0 Å². The number of aromatic nitrogens is 1. The zero-order chi connectivity index (χ0) is 18.9. The Balaban J connectivity index is 0.000000242. The molecule has 2 N–H and O–H groups in total. The lowest BCUT2D eigenvalue weighted by atomic mass is 10.0. The van der Waals surface area contributed by atoms with Crippen LogP contribution in [-0.2, 0) is 4.79 Å². The standard InChI is InChI=1S/C15H18N2O2.C2HF3O2/c1-9-3-2-4-13-14(9)17-15(19-13)18-12-7-10-5-6-11(8-12)16-10;3-2(4,5)1(6)7/h2-4,10-12,16H,5-8H2,1H3;(H,6,7)/t10-,11+,12?;. The minimum Gasteiger partial charge on any atom is -0.475 e. The lowest BCUT2D eigenvalue weighted by Gasteiger charge is -2.28. The molecule has 3 atom stereocenters. The van der Waals surface area contributed by atoms with Gasteiger partial charge < -0.3 is 19.6 Å². The second-order valence-electron chi connectivity index (χ2n) is 6.55. The number of benzene rings is 1. The molecule has 2 aliphatic heterocycles. The molecule has 2 fully saturated rings. The summed E-state index contributed by atoms with van der Waals surface area (Å²) in [5.41, 5.74) is 2.85. The van der Waals surface area contributed by atoms with Gasteiger partial charge in [0.1, 0.15) is 11.6 Å². The van der Waals surface area contributed by atoms with E-state index in [1.165, 1.54) is 12.8 Å². The molecule has 2 bridgehead atoms. The number of halogens is 3. The van der Waals surface area contributed by atoms with E-state index in [1.807, 2.05) is 25.1 Å². The van der Waals surface area contributed by atoms with Gasteiger partial charge >= 0.3 is 18.2 Å². The van der Waals surface area contributed by atoms with E-state index in [0.717, 1.165) is 29.5 Å². The molecule has 142 valence electrons. The smallest absolute Gasteiger partial charge is 0.475 e. The monoisotopic (exact) mass is 372 g/mol. The fourth-order valence-corrected chi connectivity index (χ4v) is 3.36. The van der Waals surface area contributed by atoms with E-state index in [2.05, 4.69) is 10.3 Å². The van der Waals surface area contributed by atoms with Crippen molar-refractivity contribution < 1.29 is 32.2 Å². The molecule has 0 saturated carbocycles. The van der Waals surface area contributed by atoms with Gasteiger partial charge in [0.2, 0.25) is 0 Å². The second-order valence-corrected chi connectivity index (χ2v) is 6.55. The van der Waals surface area contributed by atoms with E-state index in [9.17, 15) is 13.2 Å². The molecule has 0 amide bonds. The van der Waals surface area contributed by atoms with Crippen LogP contribution in [0.4, 0.5) is 13.2 Å². The summed E-state index contributed by atoms with van der Waals surface area (Å²) in [5, 5.41) is 10.7. The number of piperidine rings is 1. The second kappa shape index (κ2) is 7.14. The lowest BCUT2D eigenvalue weighted by Crippen LogP contribution is -2.42.